The predicted molar refractivity (Wildman–Crippen MR) is 80.9 cm³/mol. The third kappa shape index (κ3) is 4.69. The van der Waals surface area contributed by atoms with Crippen LogP contribution in [0.25, 0.3) is 0 Å². The highest BCUT2D eigenvalue weighted by atomic mass is 32.2. The molecule has 1 aromatic rings. The largest absolute Gasteiger partial charge is 0.478 e. The van der Waals surface area contributed by atoms with E-state index in [2.05, 4.69) is 4.72 Å². The molecular weight excluding hydrogens is 317 g/mol. The van der Waals surface area contributed by atoms with E-state index in [9.17, 15) is 17.6 Å². The summed E-state index contributed by atoms with van der Waals surface area (Å²) in [5.41, 5.74) is -0.670. The Labute approximate surface area is 128 Å². The second kappa shape index (κ2) is 7.24. The van der Waals surface area contributed by atoms with Crippen LogP contribution in [-0.2, 0) is 10.0 Å². The van der Waals surface area contributed by atoms with Crippen molar-refractivity contribution in [2.45, 2.75) is 31.7 Å². The van der Waals surface area contributed by atoms with Crippen molar-refractivity contribution in [1.82, 2.24) is 4.72 Å². The molecule has 1 atom stereocenters. The maximum Gasteiger partial charge on any atom is 0.338 e. The minimum atomic E-state index is -3.88. The van der Waals surface area contributed by atoms with Crippen molar-refractivity contribution in [2.24, 2.45) is 0 Å². The van der Waals surface area contributed by atoms with Crippen molar-refractivity contribution >= 4 is 27.8 Å². The molecule has 0 aliphatic heterocycles. The molecule has 0 aromatic heterocycles. The number of carbonyl (C=O) groups is 1. The van der Waals surface area contributed by atoms with Crippen LogP contribution in [0.3, 0.4) is 0 Å². The van der Waals surface area contributed by atoms with E-state index in [1.54, 1.807) is 18.7 Å². The van der Waals surface area contributed by atoms with E-state index in [1.165, 1.54) is 6.92 Å². The number of hydrogen-bond acceptors (Lipinski definition) is 4. The zero-order valence-corrected chi connectivity index (χ0v) is 13.6. The van der Waals surface area contributed by atoms with Crippen molar-refractivity contribution in [2.75, 3.05) is 11.5 Å². The standard InChI is InChI=1S/C13H18FNO4S2/c1-4-20-7-9(3)15-21(18,19)10-5-8(2)12(14)11(6-10)13(16)17/h5-6,9,15H,4,7H2,1-3H3,(H,16,17). The third-order valence-corrected chi connectivity index (χ3v) is 5.41. The highest BCUT2D eigenvalue weighted by Gasteiger charge is 2.22. The van der Waals surface area contributed by atoms with Crippen LogP contribution in [0.4, 0.5) is 4.39 Å². The number of nitrogens with one attached hydrogen (secondary N) is 1. The lowest BCUT2D eigenvalue weighted by molar-refractivity contribution is 0.0691. The minimum absolute atomic E-state index is 0.0224. The molecule has 118 valence electrons. The van der Waals surface area contributed by atoms with Crippen LogP contribution in [0.5, 0.6) is 0 Å². The Hall–Kier alpha value is -1.12. The topological polar surface area (TPSA) is 83.5 Å². The van der Waals surface area contributed by atoms with Gasteiger partial charge in [-0.1, -0.05) is 6.92 Å². The summed E-state index contributed by atoms with van der Waals surface area (Å²) in [6.45, 7) is 5.01. The molecule has 5 nitrogen and oxygen atoms in total. The number of benzene rings is 1. The van der Waals surface area contributed by atoms with Gasteiger partial charge in [0.2, 0.25) is 10.0 Å². The maximum atomic E-state index is 13.7. The van der Waals surface area contributed by atoms with E-state index in [4.69, 9.17) is 5.11 Å². The summed E-state index contributed by atoms with van der Waals surface area (Å²) in [7, 11) is -3.88. The monoisotopic (exact) mass is 335 g/mol. The van der Waals surface area contributed by atoms with Crippen molar-refractivity contribution in [3.63, 3.8) is 0 Å². The average molecular weight is 335 g/mol. The molecule has 0 aliphatic rings. The van der Waals surface area contributed by atoms with Crippen LogP contribution >= 0.6 is 11.8 Å². The summed E-state index contributed by atoms with van der Waals surface area (Å²) < 4.78 is 40.5. The van der Waals surface area contributed by atoms with Crippen LogP contribution in [0.1, 0.15) is 29.8 Å². The SMILES string of the molecule is CCSCC(C)NS(=O)(=O)c1cc(C)c(F)c(C(=O)O)c1. The predicted octanol–water partition coefficient (Wildman–Crippen LogP) is 2.25. The van der Waals surface area contributed by atoms with Crippen LogP contribution in [-0.4, -0.2) is 37.0 Å². The van der Waals surface area contributed by atoms with Gasteiger partial charge in [0, 0.05) is 11.8 Å². The van der Waals surface area contributed by atoms with Gasteiger partial charge in [-0.05, 0) is 37.3 Å². The second-order valence-corrected chi connectivity index (χ2v) is 7.62. The van der Waals surface area contributed by atoms with Crippen LogP contribution < -0.4 is 4.72 Å². The smallest absolute Gasteiger partial charge is 0.338 e. The van der Waals surface area contributed by atoms with Gasteiger partial charge < -0.3 is 5.11 Å². The Morgan fingerprint density at radius 2 is 2.10 bits per heavy atom. The molecule has 1 aromatic carbocycles. The van der Waals surface area contributed by atoms with Crippen LogP contribution in [0.2, 0.25) is 0 Å². The number of carboxylic acid groups (broad SMARTS) is 1. The Morgan fingerprint density at radius 3 is 2.62 bits per heavy atom. The molecule has 0 heterocycles. The number of halogens is 1. The molecule has 0 fully saturated rings. The Kier molecular flexibility index (Phi) is 6.18. The fraction of sp³-hybridized carbons (Fsp3) is 0.462. The molecule has 1 unspecified atom stereocenters. The number of sulfonamides is 1. The first-order chi connectivity index (χ1) is 9.69. The van der Waals surface area contributed by atoms with Crippen molar-refractivity contribution in [1.29, 1.82) is 0 Å². The number of aromatic carboxylic acids is 1. The van der Waals surface area contributed by atoms with E-state index < -0.39 is 27.4 Å². The molecule has 21 heavy (non-hydrogen) atoms. The number of aryl methyl sites for hydroxylation is 1. The lowest BCUT2D eigenvalue weighted by Gasteiger charge is -2.14. The van der Waals surface area contributed by atoms with E-state index >= 15 is 0 Å². The molecule has 2 N–H and O–H groups in total. The molecule has 0 saturated carbocycles. The van der Waals surface area contributed by atoms with E-state index in [1.807, 2.05) is 6.92 Å². The zero-order valence-electron chi connectivity index (χ0n) is 12.0. The molecular formula is C13H18FNO4S2. The molecule has 0 bridgehead atoms. The fourth-order valence-electron chi connectivity index (χ4n) is 1.71. The molecule has 0 saturated heterocycles. The van der Waals surface area contributed by atoms with Gasteiger partial charge in [0.25, 0.3) is 0 Å². The second-order valence-electron chi connectivity index (χ2n) is 4.59. The lowest BCUT2D eigenvalue weighted by atomic mass is 10.1. The lowest BCUT2D eigenvalue weighted by Crippen LogP contribution is -2.34. The highest BCUT2D eigenvalue weighted by Crippen LogP contribution is 2.20. The van der Waals surface area contributed by atoms with Gasteiger partial charge in [-0.25, -0.2) is 22.3 Å². The molecule has 0 radical (unpaired) electrons. The normalized spacial score (nSPS) is 13.1. The first kappa shape index (κ1) is 17.9. The minimum Gasteiger partial charge on any atom is -0.478 e. The van der Waals surface area contributed by atoms with Gasteiger partial charge in [-0.2, -0.15) is 11.8 Å². The summed E-state index contributed by atoms with van der Waals surface area (Å²) in [5.74, 6) is -0.953. The summed E-state index contributed by atoms with van der Waals surface area (Å²) in [6.07, 6.45) is 0. The average Bonchev–Trinajstić information content (AvgIpc) is 2.38. The Morgan fingerprint density at radius 1 is 1.48 bits per heavy atom. The van der Waals surface area contributed by atoms with E-state index in [0.717, 1.165) is 17.9 Å². The van der Waals surface area contributed by atoms with Gasteiger partial charge >= 0.3 is 5.97 Å². The van der Waals surface area contributed by atoms with E-state index in [0.29, 0.717) is 5.75 Å². The van der Waals surface area contributed by atoms with Crippen LogP contribution in [0.15, 0.2) is 17.0 Å². The van der Waals surface area contributed by atoms with Crippen molar-refractivity contribution < 1.29 is 22.7 Å². The number of carboxylic acids is 1. The van der Waals surface area contributed by atoms with Crippen molar-refractivity contribution in [3.8, 4) is 0 Å². The Bertz CT molecular complexity index is 631. The van der Waals surface area contributed by atoms with Gasteiger partial charge in [0.15, 0.2) is 0 Å². The number of thioether (sulfide) groups is 1. The van der Waals surface area contributed by atoms with Gasteiger partial charge in [0.05, 0.1) is 10.5 Å². The van der Waals surface area contributed by atoms with Crippen molar-refractivity contribution in [3.05, 3.63) is 29.1 Å². The molecule has 0 amide bonds. The third-order valence-electron chi connectivity index (χ3n) is 2.70. The first-order valence-electron chi connectivity index (χ1n) is 6.32. The molecule has 0 spiro atoms. The Balaban J connectivity index is 3.12. The van der Waals surface area contributed by atoms with E-state index in [-0.39, 0.29) is 16.5 Å². The van der Waals surface area contributed by atoms with Gasteiger partial charge in [-0.3, -0.25) is 0 Å². The first-order valence-corrected chi connectivity index (χ1v) is 8.96. The molecule has 8 heteroatoms. The summed E-state index contributed by atoms with van der Waals surface area (Å²) in [6, 6.07) is 1.66. The molecule has 0 aliphatic carbocycles. The van der Waals surface area contributed by atoms with Crippen LogP contribution in [0, 0.1) is 12.7 Å². The van der Waals surface area contributed by atoms with Gasteiger partial charge in [-0.15, -0.1) is 0 Å². The summed E-state index contributed by atoms with van der Waals surface area (Å²) >= 11 is 1.58. The highest BCUT2D eigenvalue weighted by molar-refractivity contribution is 7.99. The zero-order chi connectivity index (χ0) is 16.2. The number of hydrogen-bond donors (Lipinski definition) is 2. The quantitative estimate of drug-likeness (QED) is 0.798. The summed E-state index contributed by atoms with van der Waals surface area (Å²) in [4.78, 5) is 10.7. The molecule has 1 rings (SSSR count). The maximum absolute atomic E-state index is 13.7. The van der Waals surface area contributed by atoms with Gasteiger partial charge in [0.1, 0.15) is 5.82 Å². The number of rotatable bonds is 7. The fourth-order valence-corrected chi connectivity index (χ4v) is 3.84. The summed E-state index contributed by atoms with van der Waals surface area (Å²) in [5, 5.41) is 8.92.